The largest absolute Gasteiger partial charge is 0.471 e. The van der Waals surface area contributed by atoms with Crippen LogP contribution >= 0.6 is 0 Å². The highest BCUT2D eigenvalue weighted by atomic mass is 19.4. The van der Waals surface area contributed by atoms with Crippen LogP contribution in [0.5, 0.6) is 0 Å². The monoisotopic (exact) mass is 231 g/mol. The lowest BCUT2D eigenvalue weighted by Gasteiger charge is -2.27. The summed E-state index contributed by atoms with van der Waals surface area (Å²) in [6, 6.07) is 8.49. The number of halogens is 3. The van der Waals surface area contributed by atoms with E-state index in [1.165, 1.54) is 13.8 Å². The number of benzene rings is 1. The maximum absolute atomic E-state index is 12.1. The predicted octanol–water partition coefficient (Wildman–Crippen LogP) is 2.60. The average Bonchev–Trinajstić information content (AvgIpc) is 2.17. The first-order valence-electron chi connectivity index (χ1n) is 4.68. The van der Waals surface area contributed by atoms with Crippen molar-refractivity contribution in [2.45, 2.75) is 25.6 Å². The normalized spacial score (nSPS) is 12.3. The van der Waals surface area contributed by atoms with E-state index in [0.717, 1.165) is 0 Å². The lowest BCUT2D eigenvalue weighted by atomic mass is 9.94. The van der Waals surface area contributed by atoms with Gasteiger partial charge in [-0.15, -0.1) is 0 Å². The summed E-state index contributed by atoms with van der Waals surface area (Å²) in [6.07, 6.45) is -4.86. The van der Waals surface area contributed by atoms with Gasteiger partial charge in [-0.3, -0.25) is 4.79 Å². The molecule has 0 aromatic heterocycles. The molecular formula is C11H12F3NO. The van der Waals surface area contributed by atoms with Gasteiger partial charge in [0.1, 0.15) is 0 Å². The molecule has 16 heavy (non-hydrogen) atoms. The SMILES string of the molecule is CC(C)(NC(=O)C(F)(F)F)c1ccccc1. The molecule has 1 amide bonds. The summed E-state index contributed by atoms with van der Waals surface area (Å²) >= 11 is 0. The number of carbonyl (C=O) groups is 1. The van der Waals surface area contributed by atoms with Gasteiger partial charge in [0.25, 0.3) is 0 Å². The molecule has 0 aliphatic carbocycles. The Morgan fingerprint density at radius 3 is 2.06 bits per heavy atom. The molecule has 0 fully saturated rings. The summed E-state index contributed by atoms with van der Waals surface area (Å²) in [5.41, 5.74) is -0.430. The maximum Gasteiger partial charge on any atom is 0.471 e. The number of hydrogen-bond donors (Lipinski definition) is 1. The molecule has 5 heteroatoms. The van der Waals surface area contributed by atoms with E-state index in [9.17, 15) is 18.0 Å². The molecule has 0 aliphatic heterocycles. The number of alkyl halides is 3. The smallest absolute Gasteiger partial charge is 0.339 e. The van der Waals surface area contributed by atoms with Gasteiger partial charge < -0.3 is 5.32 Å². The standard InChI is InChI=1S/C11H12F3NO/c1-10(2,8-6-4-3-5-7-8)15-9(16)11(12,13)14/h3-7H,1-2H3,(H,15,16). The highest BCUT2D eigenvalue weighted by molar-refractivity contribution is 5.82. The van der Waals surface area contributed by atoms with Gasteiger partial charge in [0.05, 0.1) is 5.54 Å². The van der Waals surface area contributed by atoms with Gasteiger partial charge in [-0.2, -0.15) is 13.2 Å². The van der Waals surface area contributed by atoms with E-state index in [2.05, 4.69) is 0 Å². The van der Waals surface area contributed by atoms with E-state index >= 15 is 0 Å². The van der Waals surface area contributed by atoms with Gasteiger partial charge >= 0.3 is 12.1 Å². The van der Waals surface area contributed by atoms with Gasteiger partial charge in [-0.25, -0.2) is 0 Å². The van der Waals surface area contributed by atoms with Crippen LogP contribution in [0.4, 0.5) is 13.2 Å². The van der Waals surface area contributed by atoms with Crippen LogP contribution in [-0.2, 0) is 10.3 Å². The summed E-state index contributed by atoms with van der Waals surface area (Å²) in [5, 5.41) is 1.95. The molecule has 88 valence electrons. The van der Waals surface area contributed by atoms with Crippen molar-refractivity contribution in [3.63, 3.8) is 0 Å². The fourth-order valence-corrected chi connectivity index (χ4v) is 1.28. The second-order valence-corrected chi connectivity index (χ2v) is 3.94. The second-order valence-electron chi connectivity index (χ2n) is 3.94. The molecule has 0 bridgehead atoms. The molecule has 0 heterocycles. The van der Waals surface area contributed by atoms with E-state index < -0.39 is 17.6 Å². The Hall–Kier alpha value is -1.52. The molecule has 0 spiro atoms. The third kappa shape index (κ3) is 2.98. The summed E-state index contributed by atoms with van der Waals surface area (Å²) in [5.74, 6) is -1.93. The van der Waals surface area contributed by atoms with Crippen molar-refractivity contribution in [3.8, 4) is 0 Å². The molecule has 0 radical (unpaired) electrons. The van der Waals surface area contributed by atoms with Crippen molar-refractivity contribution in [2.75, 3.05) is 0 Å². The summed E-state index contributed by atoms with van der Waals surface area (Å²) in [6.45, 7) is 3.04. The minimum Gasteiger partial charge on any atom is -0.339 e. The van der Waals surface area contributed by atoms with Gasteiger partial charge in [0, 0.05) is 0 Å². The zero-order valence-corrected chi connectivity index (χ0v) is 8.93. The van der Waals surface area contributed by atoms with Crippen LogP contribution in [0.2, 0.25) is 0 Å². The number of amides is 1. The third-order valence-electron chi connectivity index (χ3n) is 2.18. The van der Waals surface area contributed by atoms with E-state index in [1.807, 2.05) is 5.32 Å². The van der Waals surface area contributed by atoms with Crippen molar-refractivity contribution >= 4 is 5.91 Å². The molecule has 0 unspecified atom stereocenters. The Labute approximate surface area is 91.5 Å². The van der Waals surface area contributed by atoms with Crippen molar-refractivity contribution in [1.29, 1.82) is 0 Å². The van der Waals surface area contributed by atoms with Gasteiger partial charge in [-0.1, -0.05) is 30.3 Å². The van der Waals surface area contributed by atoms with Gasteiger partial charge in [-0.05, 0) is 19.4 Å². The topological polar surface area (TPSA) is 29.1 Å². The molecule has 1 aromatic rings. The Bertz CT molecular complexity index is 371. The van der Waals surface area contributed by atoms with Crippen LogP contribution in [0.15, 0.2) is 30.3 Å². The third-order valence-corrected chi connectivity index (χ3v) is 2.18. The second kappa shape index (κ2) is 4.15. The van der Waals surface area contributed by atoms with Crippen LogP contribution in [-0.4, -0.2) is 12.1 Å². The Morgan fingerprint density at radius 1 is 1.12 bits per heavy atom. The molecule has 0 saturated carbocycles. The minimum atomic E-state index is -4.86. The highest BCUT2D eigenvalue weighted by Crippen LogP contribution is 2.22. The zero-order valence-electron chi connectivity index (χ0n) is 8.93. The minimum absolute atomic E-state index is 0.618. The van der Waals surface area contributed by atoms with E-state index in [4.69, 9.17) is 0 Å². The van der Waals surface area contributed by atoms with Crippen LogP contribution in [0, 0.1) is 0 Å². The first-order chi connectivity index (χ1) is 7.23. The van der Waals surface area contributed by atoms with Crippen molar-refractivity contribution < 1.29 is 18.0 Å². The Morgan fingerprint density at radius 2 is 1.62 bits per heavy atom. The van der Waals surface area contributed by atoms with E-state index in [0.29, 0.717) is 5.56 Å². The first-order valence-corrected chi connectivity index (χ1v) is 4.68. The fraction of sp³-hybridized carbons (Fsp3) is 0.364. The van der Waals surface area contributed by atoms with Crippen LogP contribution < -0.4 is 5.32 Å². The lowest BCUT2D eigenvalue weighted by molar-refractivity contribution is -0.175. The van der Waals surface area contributed by atoms with Crippen LogP contribution in [0.25, 0.3) is 0 Å². The van der Waals surface area contributed by atoms with E-state index in [-0.39, 0.29) is 0 Å². The van der Waals surface area contributed by atoms with Crippen molar-refractivity contribution in [1.82, 2.24) is 5.32 Å². The van der Waals surface area contributed by atoms with Gasteiger partial charge in [0.2, 0.25) is 0 Å². The molecule has 2 nitrogen and oxygen atoms in total. The fourth-order valence-electron chi connectivity index (χ4n) is 1.28. The lowest BCUT2D eigenvalue weighted by Crippen LogP contribution is -2.47. The van der Waals surface area contributed by atoms with Crippen LogP contribution in [0.3, 0.4) is 0 Å². The maximum atomic E-state index is 12.1. The zero-order chi connectivity index (χ0) is 12.4. The highest BCUT2D eigenvalue weighted by Gasteiger charge is 2.41. The van der Waals surface area contributed by atoms with Crippen LogP contribution in [0.1, 0.15) is 19.4 Å². The molecule has 1 rings (SSSR count). The molecular weight excluding hydrogens is 219 g/mol. The van der Waals surface area contributed by atoms with Crippen molar-refractivity contribution in [2.24, 2.45) is 0 Å². The molecule has 1 N–H and O–H groups in total. The number of nitrogens with one attached hydrogen (secondary N) is 1. The summed E-state index contributed by atoms with van der Waals surface area (Å²) in [7, 11) is 0. The van der Waals surface area contributed by atoms with Crippen molar-refractivity contribution in [3.05, 3.63) is 35.9 Å². The molecule has 0 atom stereocenters. The number of hydrogen-bond acceptors (Lipinski definition) is 1. The van der Waals surface area contributed by atoms with E-state index in [1.54, 1.807) is 30.3 Å². The predicted molar refractivity (Wildman–Crippen MR) is 53.7 cm³/mol. The Kier molecular flexibility index (Phi) is 3.26. The quantitative estimate of drug-likeness (QED) is 0.832. The average molecular weight is 231 g/mol. The summed E-state index contributed by atoms with van der Waals surface area (Å²) in [4.78, 5) is 10.8. The summed E-state index contributed by atoms with van der Waals surface area (Å²) < 4.78 is 36.2. The molecule has 0 aliphatic rings. The Balaban J connectivity index is 2.85. The van der Waals surface area contributed by atoms with Gasteiger partial charge in [0.15, 0.2) is 0 Å². The molecule has 1 aromatic carbocycles. The first kappa shape index (κ1) is 12.5. The number of carbonyl (C=O) groups excluding carboxylic acids is 1. The molecule has 0 saturated heterocycles. The number of rotatable bonds is 2.